The van der Waals surface area contributed by atoms with Crippen molar-refractivity contribution in [2.75, 3.05) is 18.1 Å². The zero-order valence-corrected chi connectivity index (χ0v) is 12.5. The van der Waals surface area contributed by atoms with Gasteiger partial charge in [-0.15, -0.1) is 12.4 Å². The minimum Gasteiger partial charge on any atom is -0.353 e. The SMILES string of the molecule is CCC(CC)(CN)C(=O)NC1CCSCC1.Cl. The lowest BCUT2D eigenvalue weighted by Crippen LogP contribution is -2.49. The maximum Gasteiger partial charge on any atom is 0.227 e. The molecule has 102 valence electrons. The van der Waals surface area contributed by atoms with Gasteiger partial charge in [0.05, 0.1) is 5.41 Å². The zero-order valence-electron chi connectivity index (χ0n) is 10.8. The largest absolute Gasteiger partial charge is 0.353 e. The first-order valence-corrected chi connectivity index (χ1v) is 7.42. The van der Waals surface area contributed by atoms with E-state index in [0.717, 1.165) is 25.7 Å². The van der Waals surface area contributed by atoms with Gasteiger partial charge in [-0.2, -0.15) is 11.8 Å². The number of nitrogens with one attached hydrogen (secondary N) is 1. The highest BCUT2D eigenvalue weighted by atomic mass is 35.5. The number of hydrogen-bond donors (Lipinski definition) is 2. The quantitative estimate of drug-likeness (QED) is 0.812. The summed E-state index contributed by atoms with van der Waals surface area (Å²) in [7, 11) is 0. The molecule has 1 amide bonds. The van der Waals surface area contributed by atoms with Crippen LogP contribution in [0.2, 0.25) is 0 Å². The Bertz CT molecular complexity index is 220. The summed E-state index contributed by atoms with van der Waals surface area (Å²) in [5.41, 5.74) is 5.43. The van der Waals surface area contributed by atoms with E-state index in [2.05, 4.69) is 5.32 Å². The third-order valence-corrected chi connectivity index (χ3v) is 4.83. The molecule has 1 saturated heterocycles. The van der Waals surface area contributed by atoms with E-state index in [-0.39, 0.29) is 23.7 Å². The van der Waals surface area contributed by atoms with Crippen molar-refractivity contribution in [1.82, 2.24) is 5.32 Å². The molecule has 0 unspecified atom stereocenters. The summed E-state index contributed by atoms with van der Waals surface area (Å²) in [6.07, 6.45) is 3.86. The van der Waals surface area contributed by atoms with E-state index in [0.29, 0.717) is 12.6 Å². The van der Waals surface area contributed by atoms with Gasteiger partial charge >= 0.3 is 0 Å². The Hall–Kier alpha value is 0.0700. The highest BCUT2D eigenvalue weighted by Gasteiger charge is 2.34. The molecule has 1 aliphatic heterocycles. The van der Waals surface area contributed by atoms with Crippen molar-refractivity contribution < 1.29 is 4.79 Å². The Kier molecular flexibility index (Phi) is 8.25. The average Bonchev–Trinajstić information content (AvgIpc) is 2.33. The number of rotatable bonds is 5. The monoisotopic (exact) mass is 280 g/mol. The van der Waals surface area contributed by atoms with Gasteiger partial charge < -0.3 is 11.1 Å². The molecule has 3 N–H and O–H groups in total. The summed E-state index contributed by atoms with van der Waals surface area (Å²) in [5.74, 6) is 2.49. The minimum absolute atomic E-state index is 0. The van der Waals surface area contributed by atoms with Crippen LogP contribution in [-0.4, -0.2) is 30.0 Å². The molecule has 17 heavy (non-hydrogen) atoms. The Morgan fingerprint density at radius 1 is 1.35 bits per heavy atom. The zero-order chi connectivity index (χ0) is 12.0. The first-order chi connectivity index (χ1) is 7.68. The topological polar surface area (TPSA) is 55.1 Å². The molecule has 0 aliphatic carbocycles. The van der Waals surface area contributed by atoms with Gasteiger partial charge in [0.2, 0.25) is 5.91 Å². The first kappa shape index (κ1) is 17.1. The molecular weight excluding hydrogens is 256 g/mol. The molecule has 5 heteroatoms. The molecule has 0 aromatic rings. The Labute approximate surface area is 115 Å². The molecule has 0 atom stereocenters. The molecular formula is C12H25ClN2OS. The van der Waals surface area contributed by atoms with E-state index in [1.54, 1.807) is 0 Å². The molecule has 1 heterocycles. The van der Waals surface area contributed by atoms with E-state index >= 15 is 0 Å². The molecule has 1 aliphatic rings. The number of carbonyl (C=O) groups is 1. The van der Waals surface area contributed by atoms with Gasteiger partial charge in [-0.25, -0.2) is 0 Å². The van der Waals surface area contributed by atoms with Crippen LogP contribution >= 0.6 is 24.2 Å². The van der Waals surface area contributed by atoms with Crippen LogP contribution < -0.4 is 11.1 Å². The number of carbonyl (C=O) groups excluding carboxylic acids is 1. The van der Waals surface area contributed by atoms with Crippen molar-refractivity contribution in [2.24, 2.45) is 11.1 Å². The average molecular weight is 281 g/mol. The summed E-state index contributed by atoms with van der Waals surface area (Å²) in [6, 6.07) is 0.373. The van der Waals surface area contributed by atoms with Crippen molar-refractivity contribution in [3.8, 4) is 0 Å². The molecule has 3 nitrogen and oxygen atoms in total. The molecule has 0 bridgehead atoms. The second-order valence-electron chi connectivity index (χ2n) is 4.55. The van der Waals surface area contributed by atoms with Gasteiger partial charge in [0.1, 0.15) is 0 Å². The first-order valence-electron chi connectivity index (χ1n) is 6.27. The van der Waals surface area contributed by atoms with E-state index in [1.165, 1.54) is 11.5 Å². The Morgan fingerprint density at radius 3 is 2.29 bits per heavy atom. The summed E-state index contributed by atoms with van der Waals surface area (Å²) < 4.78 is 0. The highest BCUT2D eigenvalue weighted by molar-refractivity contribution is 7.99. The maximum atomic E-state index is 12.2. The Morgan fingerprint density at radius 2 is 1.88 bits per heavy atom. The molecule has 0 aromatic heterocycles. The lowest BCUT2D eigenvalue weighted by Gasteiger charge is -2.32. The van der Waals surface area contributed by atoms with Crippen LogP contribution in [0.1, 0.15) is 39.5 Å². The number of thioether (sulfide) groups is 1. The number of halogens is 1. The number of nitrogens with two attached hydrogens (primary N) is 1. The fraction of sp³-hybridized carbons (Fsp3) is 0.917. The van der Waals surface area contributed by atoms with Crippen molar-refractivity contribution in [3.63, 3.8) is 0 Å². The van der Waals surface area contributed by atoms with E-state index in [9.17, 15) is 4.79 Å². The molecule has 0 radical (unpaired) electrons. The minimum atomic E-state index is -0.343. The maximum absolute atomic E-state index is 12.2. The number of amides is 1. The van der Waals surface area contributed by atoms with Crippen LogP contribution in [0.4, 0.5) is 0 Å². The van der Waals surface area contributed by atoms with Gasteiger partial charge in [0, 0.05) is 12.6 Å². The van der Waals surface area contributed by atoms with Crippen LogP contribution in [0, 0.1) is 5.41 Å². The van der Waals surface area contributed by atoms with Crippen LogP contribution in [-0.2, 0) is 4.79 Å². The summed E-state index contributed by atoms with van der Waals surface area (Å²) in [4.78, 5) is 12.2. The van der Waals surface area contributed by atoms with Crippen LogP contribution in [0.5, 0.6) is 0 Å². The van der Waals surface area contributed by atoms with Gasteiger partial charge in [-0.3, -0.25) is 4.79 Å². The van der Waals surface area contributed by atoms with Gasteiger partial charge in [0.25, 0.3) is 0 Å². The van der Waals surface area contributed by atoms with Crippen LogP contribution in [0.15, 0.2) is 0 Å². The standard InChI is InChI=1S/C12H24N2OS.ClH/c1-3-12(4-2,9-13)11(15)14-10-5-7-16-8-6-10;/h10H,3-9,13H2,1-2H3,(H,14,15);1H. The van der Waals surface area contributed by atoms with Gasteiger partial charge in [-0.05, 0) is 37.2 Å². The third-order valence-electron chi connectivity index (χ3n) is 3.78. The second kappa shape index (κ2) is 8.22. The molecule has 0 saturated carbocycles. The third kappa shape index (κ3) is 4.34. The Balaban J connectivity index is 0.00000256. The van der Waals surface area contributed by atoms with Gasteiger partial charge in [-0.1, -0.05) is 13.8 Å². The van der Waals surface area contributed by atoms with Crippen LogP contribution in [0.3, 0.4) is 0 Å². The molecule has 0 aromatic carbocycles. The lowest BCUT2D eigenvalue weighted by atomic mass is 9.81. The summed E-state index contributed by atoms with van der Waals surface area (Å²) in [5, 5.41) is 3.18. The normalized spacial score (nSPS) is 17.4. The fourth-order valence-corrected chi connectivity index (χ4v) is 3.24. The van der Waals surface area contributed by atoms with Crippen molar-refractivity contribution in [3.05, 3.63) is 0 Å². The summed E-state index contributed by atoms with van der Waals surface area (Å²) >= 11 is 1.97. The highest BCUT2D eigenvalue weighted by Crippen LogP contribution is 2.26. The summed E-state index contributed by atoms with van der Waals surface area (Å²) in [6.45, 7) is 4.55. The van der Waals surface area contributed by atoms with Gasteiger partial charge in [0.15, 0.2) is 0 Å². The van der Waals surface area contributed by atoms with Crippen molar-refractivity contribution >= 4 is 30.1 Å². The molecule has 1 rings (SSSR count). The van der Waals surface area contributed by atoms with E-state index < -0.39 is 0 Å². The fourth-order valence-electron chi connectivity index (χ4n) is 2.13. The predicted octanol–water partition coefficient (Wildman–Crippen LogP) is 2.19. The van der Waals surface area contributed by atoms with E-state index in [1.807, 2.05) is 25.6 Å². The van der Waals surface area contributed by atoms with Crippen molar-refractivity contribution in [1.29, 1.82) is 0 Å². The molecule has 1 fully saturated rings. The predicted molar refractivity (Wildman–Crippen MR) is 77.8 cm³/mol. The smallest absolute Gasteiger partial charge is 0.227 e. The van der Waals surface area contributed by atoms with E-state index in [4.69, 9.17) is 5.73 Å². The van der Waals surface area contributed by atoms with Crippen molar-refractivity contribution in [2.45, 2.75) is 45.6 Å². The second-order valence-corrected chi connectivity index (χ2v) is 5.78. The molecule has 0 spiro atoms. The number of hydrogen-bond acceptors (Lipinski definition) is 3. The lowest BCUT2D eigenvalue weighted by molar-refractivity contribution is -0.131. The van der Waals surface area contributed by atoms with Crippen LogP contribution in [0.25, 0.3) is 0 Å².